The van der Waals surface area contributed by atoms with Gasteiger partial charge in [0.2, 0.25) is 0 Å². The summed E-state index contributed by atoms with van der Waals surface area (Å²) < 4.78 is 0. The Labute approximate surface area is 172 Å². The van der Waals surface area contributed by atoms with Crippen molar-refractivity contribution >= 4 is 46.2 Å². The summed E-state index contributed by atoms with van der Waals surface area (Å²) in [5.41, 5.74) is 1.21. The maximum Gasteiger partial charge on any atom is 0.280 e. The highest BCUT2D eigenvalue weighted by Gasteiger charge is 2.17. The Hall–Kier alpha value is -3.15. The smallest absolute Gasteiger partial charge is 0.280 e. The Bertz CT molecular complexity index is 1020. The van der Waals surface area contributed by atoms with Crippen LogP contribution in [0.1, 0.15) is 5.56 Å². The first-order chi connectivity index (χ1) is 13.5. The predicted molar refractivity (Wildman–Crippen MR) is 112 cm³/mol. The number of aliphatic hydroxyl groups excluding tert-OH is 1. The van der Waals surface area contributed by atoms with Crippen LogP contribution in [0.5, 0.6) is 0 Å². The quantitative estimate of drug-likeness (QED) is 0.280. The van der Waals surface area contributed by atoms with Crippen molar-refractivity contribution in [2.45, 2.75) is 0 Å². The van der Waals surface area contributed by atoms with E-state index in [1.807, 2.05) is 0 Å². The number of anilines is 1. The van der Waals surface area contributed by atoms with Gasteiger partial charge in [0.15, 0.2) is 11.5 Å². The number of nitrogens with zero attached hydrogens (tertiary/aromatic N) is 2. The van der Waals surface area contributed by atoms with Crippen LogP contribution in [0.4, 0.5) is 11.4 Å². The number of hydrogen-bond acceptors (Lipinski definition) is 4. The van der Waals surface area contributed by atoms with Gasteiger partial charge in [0.1, 0.15) is 0 Å². The second-order valence-electron chi connectivity index (χ2n) is 5.70. The van der Waals surface area contributed by atoms with E-state index in [0.29, 0.717) is 27.0 Å². The van der Waals surface area contributed by atoms with Crippen molar-refractivity contribution in [2.75, 3.05) is 5.32 Å². The molecule has 0 aliphatic rings. The first-order valence-corrected chi connectivity index (χ1v) is 9.01. The van der Waals surface area contributed by atoms with Gasteiger partial charge in [0.25, 0.3) is 5.91 Å². The molecule has 3 rings (SSSR count). The molecule has 0 fully saturated rings. The molecule has 0 unspecified atom stereocenters. The summed E-state index contributed by atoms with van der Waals surface area (Å²) in [6.07, 6.45) is 0. The average molecular weight is 412 g/mol. The van der Waals surface area contributed by atoms with Crippen molar-refractivity contribution in [2.24, 2.45) is 10.2 Å². The van der Waals surface area contributed by atoms with Gasteiger partial charge in [-0.15, -0.1) is 5.11 Å². The summed E-state index contributed by atoms with van der Waals surface area (Å²) in [5.74, 6) is -0.897. The van der Waals surface area contributed by atoms with E-state index in [2.05, 4.69) is 15.5 Å². The van der Waals surface area contributed by atoms with Crippen LogP contribution in [0, 0.1) is 0 Å². The van der Waals surface area contributed by atoms with Crippen molar-refractivity contribution in [3.8, 4) is 0 Å². The van der Waals surface area contributed by atoms with Crippen molar-refractivity contribution in [3.63, 3.8) is 0 Å². The van der Waals surface area contributed by atoms with E-state index in [-0.39, 0.29) is 11.5 Å². The molecule has 0 aliphatic carbocycles. The number of benzene rings is 3. The van der Waals surface area contributed by atoms with Gasteiger partial charge in [-0.3, -0.25) is 4.79 Å². The standard InChI is InChI=1S/C21H15Cl2N3O2/c22-15-6-10-17(11-7-15)24-21(28)19(20(27)14-4-2-1-3-5-14)26-25-18-12-8-16(23)9-13-18/h1-13,27H,(H,24,28). The molecule has 28 heavy (non-hydrogen) atoms. The summed E-state index contributed by atoms with van der Waals surface area (Å²) in [5, 5.41) is 22.4. The normalized spacial score (nSPS) is 11.9. The van der Waals surface area contributed by atoms with Gasteiger partial charge in [-0.25, -0.2) is 0 Å². The molecule has 0 aliphatic heterocycles. The molecular weight excluding hydrogens is 397 g/mol. The second kappa shape index (κ2) is 9.17. The number of aliphatic hydroxyl groups is 1. The number of amides is 1. The van der Waals surface area contributed by atoms with E-state index in [1.165, 1.54) is 0 Å². The maximum atomic E-state index is 12.8. The van der Waals surface area contributed by atoms with Crippen molar-refractivity contribution in [1.82, 2.24) is 0 Å². The number of carbonyl (C=O) groups excluding carboxylic acids is 1. The first kappa shape index (κ1) is 19.6. The van der Waals surface area contributed by atoms with E-state index < -0.39 is 5.91 Å². The van der Waals surface area contributed by atoms with Gasteiger partial charge in [0.05, 0.1) is 5.69 Å². The molecule has 3 aromatic rings. The molecule has 0 saturated carbocycles. The molecule has 7 heteroatoms. The molecule has 2 N–H and O–H groups in total. The fraction of sp³-hybridized carbons (Fsp3) is 0. The fourth-order valence-corrected chi connectivity index (χ4v) is 2.52. The zero-order valence-corrected chi connectivity index (χ0v) is 16.0. The highest BCUT2D eigenvalue weighted by Crippen LogP contribution is 2.23. The minimum absolute atomic E-state index is 0.226. The topological polar surface area (TPSA) is 74.0 Å². The summed E-state index contributed by atoms with van der Waals surface area (Å²) in [4.78, 5) is 12.8. The second-order valence-corrected chi connectivity index (χ2v) is 6.57. The molecule has 3 aromatic carbocycles. The van der Waals surface area contributed by atoms with Crippen LogP contribution in [0.2, 0.25) is 10.0 Å². The molecule has 0 aromatic heterocycles. The molecule has 0 saturated heterocycles. The third-order valence-corrected chi connectivity index (χ3v) is 4.18. The monoisotopic (exact) mass is 411 g/mol. The van der Waals surface area contributed by atoms with Crippen molar-refractivity contribution < 1.29 is 9.90 Å². The number of carbonyl (C=O) groups is 1. The zero-order valence-electron chi connectivity index (χ0n) is 14.5. The summed E-state index contributed by atoms with van der Waals surface area (Å²) in [6, 6.07) is 21.8. The fourth-order valence-electron chi connectivity index (χ4n) is 2.27. The van der Waals surface area contributed by atoms with Crippen LogP contribution in [0.25, 0.3) is 5.76 Å². The van der Waals surface area contributed by atoms with Gasteiger partial charge in [-0.05, 0) is 48.5 Å². The van der Waals surface area contributed by atoms with Crippen LogP contribution < -0.4 is 5.32 Å². The number of rotatable bonds is 5. The zero-order chi connectivity index (χ0) is 19.9. The lowest BCUT2D eigenvalue weighted by atomic mass is 10.1. The SMILES string of the molecule is O=C(Nc1ccc(Cl)cc1)C(N=Nc1ccc(Cl)cc1)=C(O)c1ccccc1. The molecule has 140 valence electrons. The van der Waals surface area contributed by atoms with E-state index in [1.54, 1.807) is 78.9 Å². The van der Waals surface area contributed by atoms with E-state index >= 15 is 0 Å². The van der Waals surface area contributed by atoms with Crippen LogP contribution in [0.15, 0.2) is 94.8 Å². The summed E-state index contributed by atoms with van der Waals surface area (Å²) >= 11 is 11.7. The molecule has 5 nitrogen and oxygen atoms in total. The van der Waals surface area contributed by atoms with Crippen LogP contribution >= 0.6 is 23.2 Å². The molecule has 0 bridgehead atoms. The third kappa shape index (κ3) is 5.19. The number of nitrogens with one attached hydrogen (secondary N) is 1. The largest absolute Gasteiger partial charge is 0.505 e. The Kier molecular flexibility index (Phi) is 6.42. The lowest BCUT2D eigenvalue weighted by Crippen LogP contribution is -2.14. The van der Waals surface area contributed by atoms with Crippen molar-refractivity contribution in [1.29, 1.82) is 0 Å². The van der Waals surface area contributed by atoms with Gasteiger partial charge in [-0.1, -0.05) is 53.5 Å². The Morgan fingerprint density at radius 1 is 0.821 bits per heavy atom. The maximum absolute atomic E-state index is 12.8. The van der Waals surface area contributed by atoms with E-state index in [0.717, 1.165) is 0 Å². The van der Waals surface area contributed by atoms with E-state index in [9.17, 15) is 9.90 Å². The number of hydrogen-bond donors (Lipinski definition) is 2. The Morgan fingerprint density at radius 2 is 1.39 bits per heavy atom. The molecule has 0 radical (unpaired) electrons. The summed E-state index contributed by atoms with van der Waals surface area (Å²) in [6.45, 7) is 0. The van der Waals surface area contributed by atoms with Gasteiger partial charge in [0, 0.05) is 21.3 Å². The lowest BCUT2D eigenvalue weighted by Gasteiger charge is -2.08. The summed E-state index contributed by atoms with van der Waals surface area (Å²) in [7, 11) is 0. The average Bonchev–Trinajstić information content (AvgIpc) is 2.72. The van der Waals surface area contributed by atoms with Gasteiger partial charge < -0.3 is 10.4 Å². The molecular formula is C21H15Cl2N3O2. The molecule has 0 heterocycles. The predicted octanol–water partition coefficient (Wildman–Crippen LogP) is 6.64. The van der Waals surface area contributed by atoms with Crippen molar-refractivity contribution in [3.05, 3.63) is 100 Å². The van der Waals surface area contributed by atoms with Gasteiger partial charge >= 0.3 is 0 Å². The highest BCUT2D eigenvalue weighted by molar-refractivity contribution is 6.30. The first-order valence-electron chi connectivity index (χ1n) is 8.26. The Balaban J connectivity index is 1.95. The minimum atomic E-state index is -0.610. The van der Waals surface area contributed by atoms with E-state index in [4.69, 9.17) is 23.2 Å². The highest BCUT2D eigenvalue weighted by atomic mass is 35.5. The van der Waals surface area contributed by atoms with Crippen LogP contribution in [-0.2, 0) is 4.79 Å². The minimum Gasteiger partial charge on any atom is -0.505 e. The lowest BCUT2D eigenvalue weighted by molar-refractivity contribution is -0.112. The third-order valence-electron chi connectivity index (χ3n) is 3.68. The molecule has 1 amide bonds. The van der Waals surface area contributed by atoms with Crippen LogP contribution in [0.3, 0.4) is 0 Å². The number of azo groups is 1. The molecule has 0 atom stereocenters. The number of halogens is 2. The van der Waals surface area contributed by atoms with Crippen LogP contribution in [-0.4, -0.2) is 11.0 Å². The Morgan fingerprint density at radius 3 is 2.00 bits per heavy atom. The van der Waals surface area contributed by atoms with Gasteiger partial charge in [-0.2, -0.15) is 5.11 Å². The molecule has 0 spiro atoms.